The average molecular weight is 341 g/mol. The van der Waals surface area contributed by atoms with Crippen LogP contribution in [0.4, 0.5) is 5.69 Å². The van der Waals surface area contributed by atoms with Crippen LogP contribution in [-0.2, 0) is 0 Å². The van der Waals surface area contributed by atoms with Crippen molar-refractivity contribution in [3.8, 4) is 5.75 Å². The summed E-state index contributed by atoms with van der Waals surface area (Å²) in [4.78, 5) is 28.6. The number of methoxy groups -OCH3 is 1. The number of hydrogen-bond donors (Lipinski definition) is 2. The largest absolute Gasteiger partial charge is 0.495 e. The fraction of sp³-hybridized carbons (Fsp3) is 0.316. The first kappa shape index (κ1) is 18.4. The van der Waals surface area contributed by atoms with E-state index in [2.05, 4.69) is 22.5 Å². The number of unbranched alkanes of at least 4 members (excludes halogenated alkanes) is 2. The minimum absolute atomic E-state index is 0.226. The van der Waals surface area contributed by atoms with E-state index in [1.807, 2.05) is 6.07 Å². The first-order valence-electron chi connectivity index (χ1n) is 8.34. The molecule has 0 fully saturated rings. The Kier molecular flexibility index (Phi) is 6.95. The molecular weight excluding hydrogens is 318 g/mol. The zero-order chi connectivity index (χ0) is 18.1. The number of pyridine rings is 1. The third-order valence-corrected chi connectivity index (χ3v) is 3.68. The first-order chi connectivity index (χ1) is 12.2. The minimum Gasteiger partial charge on any atom is -0.495 e. The molecule has 2 amide bonds. The molecule has 6 heteroatoms. The minimum atomic E-state index is -0.327. The number of para-hydroxylation sites is 2. The van der Waals surface area contributed by atoms with E-state index >= 15 is 0 Å². The maximum Gasteiger partial charge on any atom is 0.269 e. The molecule has 0 aliphatic heterocycles. The highest BCUT2D eigenvalue weighted by Crippen LogP contribution is 2.23. The number of rotatable bonds is 8. The number of ether oxygens (including phenoxy) is 1. The van der Waals surface area contributed by atoms with Crippen molar-refractivity contribution in [2.75, 3.05) is 19.0 Å². The highest BCUT2D eigenvalue weighted by atomic mass is 16.5. The Balaban J connectivity index is 2.04. The molecule has 25 heavy (non-hydrogen) atoms. The molecule has 2 rings (SSSR count). The second kappa shape index (κ2) is 9.42. The van der Waals surface area contributed by atoms with Crippen LogP contribution in [0.5, 0.6) is 5.75 Å². The molecular formula is C19H23N3O3. The summed E-state index contributed by atoms with van der Waals surface area (Å²) in [6, 6.07) is 10.2. The van der Waals surface area contributed by atoms with Crippen LogP contribution in [0.25, 0.3) is 0 Å². The van der Waals surface area contributed by atoms with Gasteiger partial charge in [0.05, 0.1) is 12.8 Å². The number of nitrogens with zero attached hydrogens (tertiary/aromatic N) is 1. The number of anilines is 1. The molecule has 2 aromatic rings. The molecule has 1 aromatic heterocycles. The Morgan fingerprint density at radius 1 is 1.12 bits per heavy atom. The van der Waals surface area contributed by atoms with E-state index < -0.39 is 0 Å². The number of carbonyl (C=O) groups excluding carboxylic acids is 2. The van der Waals surface area contributed by atoms with Gasteiger partial charge >= 0.3 is 0 Å². The van der Waals surface area contributed by atoms with Crippen LogP contribution in [0.15, 0.2) is 42.6 Å². The molecule has 1 heterocycles. The summed E-state index contributed by atoms with van der Waals surface area (Å²) in [5.41, 5.74) is 1.15. The summed E-state index contributed by atoms with van der Waals surface area (Å²) in [6.07, 6.45) is 4.54. The second-order valence-corrected chi connectivity index (χ2v) is 5.55. The van der Waals surface area contributed by atoms with Crippen molar-refractivity contribution in [2.45, 2.75) is 26.2 Å². The molecule has 1 aromatic carbocycles. The number of hydrogen-bond acceptors (Lipinski definition) is 4. The van der Waals surface area contributed by atoms with Gasteiger partial charge in [-0.05, 0) is 30.7 Å². The van der Waals surface area contributed by atoms with Crippen molar-refractivity contribution in [1.82, 2.24) is 10.3 Å². The van der Waals surface area contributed by atoms with Crippen LogP contribution in [0, 0.1) is 0 Å². The van der Waals surface area contributed by atoms with Crippen molar-refractivity contribution in [1.29, 1.82) is 0 Å². The summed E-state index contributed by atoms with van der Waals surface area (Å²) >= 11 is 0. The molecule has 0 unspecified atom stereocenters. The monoisotopic (exact) mass is 341 g/mol. The van der Waals surface area contributed by atoms with Gasteiger partial charge in [0.2, 0.25) is 0 Å². The Morgan fingerprint density at radius 3 is 2.68 bits per heavy atom. The lowest BCUT2D eigenvalue weighted by atomic mass is 10.2. The molecule has 2 N–H and O–H groups in total. The Bertz CT molecular complexity index is 731. The number of amides is 2. The predicted octanol–water partition coefficient (Wildman–Crippen LogP) is 3.26. The van der Waals surface area contributed by atoms with E-state index in [1.165, 1.54) is 12.3 Å². The van der Waals surface area contributed by atoms with Crippen LogP contribution in [0.1, 0.15) is 47.0 Å². The highest BCUT2D eigenvalue weighted by molar-refractivity contribution is 6.06. The average Bonchev–Trinajstić information content (AvgIpc) is 2.65. The van der Waals surface area contributed by atoms with Gasteiger partial charge in [0, 0.05) is 18.3 Å². The van der Waals surface area contributed by atoms with Crippen molar-refractivity contribution >= 4 is 17.5 Å². The molecule has 0 aliphatic rings. The summed E-state index contributed by atoms with van der Waals surface area (Å²) in [5, 5.41) is 5.60. The van der Waals surface area contributed by atoms with Crippen LogP contribution in [0.3, 0.4) is 0 Å². The molecule has 0 atom stereocenters. The lowest BCUT2D eigenvalue weighted by Crippen LogP contribution is -2.26. The third-order valence-electron chi connectivity index (χ3n) is 3.68. The van der Waals surface area contributed by atoms with Gasteiger partial charge < -0.3 is 15.4 Å². The van der Waals surface area contributed by atoms with Crippen LogP contribution < -0.4 is 15.4 Å². The van der Waals surface area contributed by atoms with E-state index in [9.17, 15) is 9.59 Å². The quantitative estimate of drug-likeness (QED) is 0.722. The Labute approximate surface area is 147 Å². The first-order valence-corrected chi connectivity index (χ1v) is 8.34. The summed E-state index contributed by atoms with van der Waals surface area (Å²) < 4.78 is 5.22. The van der Waals surface area contributed by atoms with Gasteiger partial charge in [-0.3, -0.25) is 14.6 Å². The van der Waals surface area contributed by atoms with Crippen molar-refractivity contribution < 1.29 is 14.3 Å². The lowest BCUT2D eigenvalue weighted by Gasteiger charge is -2.10. The maximum absolute atomic E-state index is 12.4. The van der Waals surface area contributed by atoms with Gasteiger partial charge in [-0.15, -0.1) is 0 Å². The standard InChI is InChI=1S/C19H23N3O3/c1-3-4-7-11-21-19(24)16-13-14(10-12-20-16)18(23)22-15-8-5-6-9-17(15)25-2/h5-6,8-10,12-13H,3-4,7,11H2,1-2H3,(H,21,24)(H,22,23). The van der Waals surface area contributed by atoms with Gasteiger partial charge in [-0.25, -0.2) is 0 Å². The molecule has 0 spiro atoms. The fourth-order valence-corrected chi connectivity index (χ4v) is 2.31. The number of benzene rings is 1. The van der Waals surface area contributed by atoms with Gasteiger partial charge in [0.25, 0.3) is 11.8 Å². The molecule has 0 saturated carbocycles. The number of aromatic nitrogens is 1. The van der Waals surface area contributed by atoms with E-state index in [-0.39, 0.29) is 17.5 Å². The van der Waals surface area contributed by atoms with Gasteiger partial charge in [-0.2, -0.15) is 0 Å². The Morgan fingerprint density at radius 2 is 1.92 bits per heavy atom. The normalized spacial score (nSPS) is 10.2. The molecule has 0 radical (unpaired) electrons. The summed E-state index contributed by atoms with van der Waals surface area (Å²) in [6.45, 7) is 2.71. The van der Waals surface area contributed by atoms with Crippen LogP contribution in [-0.4, -0.2) is 30.5 Å². The molecule has 6 nitrogen and oxygen atoms in total. The number of carbonyl (C=O) groups is 2. The predicted molar refractivity (Wildman–Crippen MR) is 97.0 cm³/mol. The van der Waals surface area contributed by atoms with Crippen LogP contribution >= 0.6 is 0 Å². The van der Waals surface area contributed by atoms with Crippen LogP contribution in [0.2, 0.25) is 0 Å². The van der Waals surface area contributed by atoms with E-state index in [0.717, 1.165) is 19.3 Å². The fourth-order valence-electron chi connectivity index (χ4n) is 2.31. The lowest BCUT2D eigenvalue weighted by molar-refractivity contribution is 0.0948. The number of nitrogens with one attached hydrogen (secondary N) is 2. The van der Waals surface area contributed by atoms with Crippen molar-refractivity contribution in [2.24, 2.45) is 0 Å². The smallest absolute Gasteiger partial charge is 0.269 e. The van der Waals surface area contributed by atoms with E-state index in [1.54, 1.807) is 31.4 Å². The summed E-state index contributed by atoms with van der Waals surface area (Å²) in [7, 11) is 1.54. The van der Waals surface area contributed by atoms with Gasteiger partial charge in [0.15, 0.2) is 0 Å². The Hall–Kier alpha value is -2.89. The highest BCUT2D eigenvalue weighted by Gasteiger charge is 2.13. The molecule has 0 saturated heterocycles. The SMILES string of the molecule is CCCCCNC(=O)c1cc(C(=O)Nc2ccccc2OC)ccn1. The maximum atomic E-state index is 12.4. The van der Waals surface area contributed by atoms with Crippen molar-refractivity contribution in [3.63, 3.8) is 0 Å². The zero-order valence-corrected chi connectivity index (χ0v) is 14.5. The topological polar surface area (TPSA) is 80.3 Å². The molecule has 0 bridgehead atoms. The zero-order valence-electron chi connectivity index (χ0n) is 14.5. The molecule has 0 aliphatic carbocycles. The van der Waals surface area contributed by atoms with Crippen molar-refractivity contribution in [3.05, 3.63) is 53.9 Å². The molecule has 132 valence electrons. The van der Waals surface area contributed by atoms with Gasteiger partial charge in [0.1, 0.15) is 11.4 Å². The van der Waals surface area contributed by atoms with E-state index in [4.69, 9.17) is 4.74 Å². The van der Waals surface area contributed by atoms with E-state index in [0.29, 0.717) is 23.5 Å². The second-order valence-electron chi connectivity index (χ2n) is 5.55. The third kappa shape index (κ3) is 5.31. The summed E-state index contributed by atoms with van der Waals surface area (Å²) in [5.74, 6) is -0.0335. The van der Waals surface area contributed by atoms with Gasteiger partial charge in [-0.1, -0.05) is 31.9 Å².